The number of nitrogens with zero attached hydrogens (tertiary/aromatic N) is 2. The average molecular weight is 355 g/mol. The number of hydrogen-bond donors (Lipinski definition) is 1. The smallest absolute Gasteiger partial charge is 0.0891 e. The minimum Gasteiger partial charge on any atom is -0.293 e. The summed E-state index contributed by atoms with van der Waals surface area (Å²) in [5.41, 5.74) is 6.40. The molecule has 0 amide bonds. The molecule has 0 atom stereocenters. The topological polar surface area (TPSA) is 27.6 Å². The minimum atomic E-state index is 0.735. The van der Waals surface area contributed by atoms with Crippen LogP contribution in [0.3, 0.4) is 0 Å². The van der Waals surface area contributed by atoms with Crippen molar-refractivity contribution in [2.45, 2.75) is 19.6 Å². The molecule has 0 saturated heterocycles. The van der Waals surface area contributed by atoms with Crippen molar-refractivity contribution in [2.75, 3.05) is 13.2 Å². The zero-order valence-corrected chi connectivity index (χ0v) is 15.5. The summed E-state index contributed by atoms with van der Waals surface area (Å²) in [6.45, 7) is 4.41. The van der Waals surface area contributed by atoms with Gasteiger partial charge in [-0.15, -0.1) is 0 Å². The molecule has 3 nitrogen and oxygen atoms in total. The van der Waals surface area contributed by atoms with Crippen molar-refractivity contribution >= 4 is 5.71 Å². The van der Waals surface area contributed by atoms with Gasteiger partial charge in [0.2, 0.25) is 0 Å². The Morgan fingerprint density at radius 1 is 0.667 bits per heavy atom. The molecule has 1 aliphatic heterocycles. The summed E-state index contributed by atoms with van der Waals surface area (Å²) < 4.78 is 0. The van der Waals surface area contributed by atoms with Crippen LogP contribution in [-0.2, 0) is 19.6 Å². The molecular weight excluding hydrogens is 330 g/mol. The van der Waals surface area contributed by atoms with Crippen LogP contribution in [0, 0.1) is 0 Å². The van der Waals surface area contributed by atoms with Crippen LogP contribution < -0.4 is 5.32 Å². The summed E-state index contributed by atoms with van der Waals surface area (Å²) in [5.74, 6) is 0. The molecule has 0 bridgehead atoms. The van der Waals surface area contributed by atoms with Crippen LogP contribution in [0.25, 0.3) is 0 Å². The summed E-state index contributed by atoms with van der Waals surface area (Å²) in [5, 5.41) is 3.26. The molecule has 3 heteroatoms. The lowest BCUT2D eigenvalue weighted by Gasteiger charge is -2.23. The predicted molar refractivity (Wildman–Crippen MR) is 112 cm³/mol. The van der Waals surface area contributed by atoms with E-state index in [1.165, 1.54) is 22.3 Å². The van der Waals surface area contributed by atoms with Gasteiger partial charge in [-0.1, -0.05) is 84.9 Å². The average Bonchev–Trinajstić information content (AvgIpc) is 3.25. The quantitative estimate of drug-likeness (QED) is 0.686. The predicted octanol–water partition coefficient (Wildman–Crippen LogP) is 4.24. The lowest BCUT2D eigenvalue weighted by Crippen LogP contribution is -2.22. The van der Waals surface area contributed by atoms with Gasteiger partial charge in [0.1, 0.15) is 0 Å². The van der Waals surface area contributed by atoms with Crippen molar-refractivity contribution in [1.29, 1.82) is 0 Å². The Morgan fingerprint density at radius 2 is 1.19 bits per heavy atom. The van der Waals surface area contributed by atoms with Gasteiger partial charge in [0, 0.05) is 26.2 Å². The monoisotopic (exact) mass is 355 g/mol. The first-order valence-electron chi connectivity index (χ1n) is 9.50. The summed E-state index contributed by atoms with van der Waals surface area (Å²) in [6.07, 6.45) is 0. The molecule has 1 aliphatic rings. The van der Waals surface area contributed by atoms with Crippen molar-refractivity contribution < 1.29 is 0 Å². The van der Waals surface area contributed by atoms with Crippen molar-refractivity contribution in [3.63, 3.8) is 0 Å². The first-order chi connectivity index (χ1) is 13.4. The van der Waals surface area contributed by atoms with E-state index in [9.17, 15) is 0 Å². The van der Waals surface area contributed by atoms with Crippen LogP contribution in [0.5, 0.6) is 0 Å². The molecule has 0 radical (unpaired) electrons. The second-order valence-electron chi connectivity index (χ2n) is 7.00. The molecule has 1 N–H and O–H groups in total. The van der Waals surface area contributed by atoms with E-state index in [0.717, 1.165) is 38.6 Å². The summed E-state index contributed by atoms with van der Waals surface area (Å²) in [7, 11) is 0. The van der Waals surface area contributed by atoms with Gasteiger partial charge in [-0.05, 0) is 22.3 Å². The normalized spacial score (nSPS) is 13.7. The molecule has 3 aromatic carbocycles. The Labute approximate surface area is 161 Å². The van der Waals surface area contributed by atoms with Crippen LogP contribution in [0.15, 0.2) is 89.9 Å². The molecule has 3 aromatic rings. The molecule has 0 fully saturated rings. The maximum atomic E-state index is 4.50. The number of rotatable bonds is 7. The van der Waals surface area contributed by atoms with Gasteiger partial charge in [0.15, 0.2) is 0 Å². The van der Waals surface area contributed by atoms with Crippen LogP contribution in [0.4, 0.5) is 0 Å². The maximum Gasteiger partial charge on any atom is 0.0891 e. The minimum absolute atomic E-state index is 0.735. The highest BCUT2D eigenvalue weighted by atomic mass is 15.1. The van der Waals surface area contributed by atoms with E-state index in [0.29, 0.717) is 0 Å². The third-order valence-electron chi connectivity index (χ3n) is 4.87. The van der Waals surface area contributed by atoms with Crippen molar-refractivity contribution in [3.8, 4) is 0 Å². The van der Waals surface area contributed by atoms with Gasteiger partial charge >= 0.3 is 0 Å². The summed E-state index contributed by atoms with van der Waals surface area (Å²) >= 11 is 0. The lowest BCUT2D eigenvalue weighted by molar-refractivity contribution is 0.247. The zero-order chi connectivity index (χ0) is 18.3. The van der Waals surface area contributed by atoms with Crippen LogP contribution in [-0.4, -0.2) is 23.8 Å². The van der Waals surface area contributed by atoms with E-state index in [1.54, 1.807) is 0 Å². The largest absolute Gasteiger partial charge is 0.293 e. The van der Waals surface area contributed by atoms with E-state index in [1.807, 2.05) is 0 Å². The molecule has 1 heterocycles. The standard InChI is InChI=1S/C24H25N3/c1-3-7-20(8-4-1)16-27(17-21-9-5-2-6-10-21)18-22-11-13-23(14-12-22)24-15-25-19-26-24/h1-14,25H,15-19H2. The molecule has 0 spiro atoms. The molecular formula is C24H25N3. The van der Waals surface area contributed by atoms with Gasteiger partial charge in [-0.2, -0.15) is 0 Å². The van der Waals surface area contributed by atoms with Crippen molar-refractivity contribution in [2.24, 2.45) is 4.99 Å². The van der Waals surface area contributed by atoms with Gasteiger partial charge < -0.3 is 0 Å². The summed E-state index contributed by atoms with van der Waals surface area (Å²) in [6, 6.07) is 30.3. The zero-order valence-electron chi connectivity index (χ0n) is 15.5. The first-order valence-corrected chi connectivity index (χ1v) is 9.50. The molecule has 136 valence electrons. The lowest BCUT2D eigenvalue weighted by atomic mass is 10.1. The molecule has 0 aliphatic carbocycles. The van der Waals surface area contributed by atoms with Crippen molar-refractivity contribution in [1.82, 2.24) is 10.2 Å². The maximum absolute atomic E-state index is 4.50. The third-order valence-corrected chi connectivity index (χ3v) is 4.87. The van der Waals surface area contributed by atoms with E-state index in [4.69, 9.17) is 0 Å². The highest BCUT2D eigenvalue weighted by Crippen LogP contribution is 2.15. The van der Waals surface area contributed by atoms with Crippen LogP contribution in [0.1, 0.15) is 22.3 Å². The molecule has 27 heavy (non-hydrogen) atoms. The van der Waals surface area contributed by atoms with Gasteiger partial charge in [0.05, 0.1) is 12.4 Å². The molecule has 4 rings (SSSR count). The van der Waals surface area contributed by atoms with E-state index < -0.39 is 0 Å². The SMILES string of the molecule is c1ccc(CN(Cc2ccccc2)Cc2ccc(C3=NCNC3)cc2)cc1. The molecule has 0 saturated carbocycles. The Morgan fingerprint density at radius 3 is 1.67 bits per heavy atom. The highest BCUT2D eigenvalue weighted by Gasteiger charge is 2.11. The van der Waals surface area contributed by atoms with Crippen LogP contribution in [0.2, 0.25) is 0 Å². The number of hydrogen-bond acceptors (Lipinski definition) is 3. The van der Waals surface area contributed by atoms with E-state index in [-0.39, 0.29) is 0 Å². The number of benzene rings is 3. The molecule has 0 unspecified atom stereocenters. The third kappa shape index (κ3) is 4.91. The van der Waals surface area contributed by atoms with Gasteiger partial charge in [-0.25, -0.2) is 0 Å². The molecule has 0 aromatic heterocycles. The Kier molecular flexibility index (Phi) is 5.73. The Hall–Kier alpha value is -2.75. The second kappa shape index (κ2) is 8.76. The van der Waals surface area contributed by atoms with E-state index >= 15 is 0 Å². The highest BCUT2D eigenvalue weighted by molar-refractivity contribution is 6.02. The number of aliphatic imine (C=N–C) groups is 1. The fourth-order valence-corrected chi connectivity index (χ4v) is 3.49. The van der Waals surface area contributed by atoms with Gasteiger partial charge in [0.25, 0.3) is 0 Å². The van der Waals surface area contributed by atoms with Crippen molar-refractivity contribution in [3.05, 3.63) is 107 Å². The first kappa shape index (κ1) is 17.7. The Balaban J connectivity index is 1.49. The second-order valence-corrected chi connectivity index (χ2v) is 7.00. The summed E-state index contributed by atoms with van der Waals surface area (Å²) in [4.78, 5) is 7.00. The fraction of sp³-hybridized carbons (Fsp3) is 0.208. The number of nitrogens with one attached hydrogen (secondary N) is 1. The fourth-order valence-electron chi connectivity index (χ4n) is 3.49. The Bertz CT molecular complexity index is 829. The van der Waals surface area contributed by atoms with E-state index in [2.05, 4.69) is 100 Å². The van der Waals surface area contributed by atoms with Crippen LogP contribution >= 0.6 is 0 Å². The van der Waals surface area contributed by atoms with Gasteiger partial charge in [-0.3, -0.25) is 15.2 Å².